The fourth-order valence-corrected chi connectivity index (χ4v) is 3.22. The first-order valence-electron chi connectivity index (χ1n) is 8.60. The summed E-state index contributed by atoms with van der Waals surface area (Å²) in [6.45, 7) is 7.37. The van der Waals surface area contributed by atoms with Gasteiger partial charge in [-0.15, -0.1) is 0 Å². The van der Waals surface area contributed by atoms with Gasteiger partial charge in [0, 0.05) is 12.5 Å². The number of carbonyl (C=O) groups is 1. The number of nitrogens with zero attached hydrogens (tertiary/aromatic N) is 4. The van der Waals surface area contributed by atoms with Gasteiger partial charge in [-0.3, -0.25) is 9.69 Å². The molecule has 24 heavy (non-hydrogen) atoms. The maximum Gasteiger partial charge on any atom is 0.223 e. The van der Waals surface area contributed by atoms with E-state index in [0.29, 0.717) is 0 Å². The number of likely N-dealkylation sites (tertiary alicyclic amines) is 1. The van der Waals surface area contributed by atoms with Crippen LogP contribution < -0.4 is 5.32 Å². The summed E-state index contributed by atoms with van der Waals surface area (Å²) in [5.74, 6) is 1.97. The molecule has 7 nitrogen and oxygen atoms in total. The Bertz CT molecular complexity index is 644. The molecule has 7 heteroatoms. The Morgan fingerprint density at radius 1 is 1.46 bits per heavy atom. The quantitative estimate of drug-likeness (QED) is 0.876. The Labute approximate surface area is 142 Å². The van der Waals surface area contributed by atoms with E-state index in [0.717, 1.165) is 50.6 Å². The van der Waals surface area contributed by atoms with Gasteiger partial charge >= 0.3 is 0 Å². The van der Waals surface area contributed by atoms with Gasteiger partial charge in [0.2, 0.25) is 5.91 Å². The first-order valence-corrected chi connectivity index (χ1v) is 8.60. The van der Waals surface area contributed by atoms with Gasteiger partial charge in [-0.2, -0.15) is 5.10 Å². The summed E-state index contributed by atoms with van der Waals surface area (Å²) in [7, 11) is 0. The van der Waals surface area contributed by atoms with Crippen molar-refractivity contribution in [3.8, 4) is 0 Å². The minimum atomic E-state index is -0.124. The van der Waals surface area contributed by atoms with Gasteiger partial charge in [0.1, 0.15) is 17.9 Å². The van der Waals surface area contributed by atoms with Crippen LogP contribution in [0.25, 0.3) is 0 Å². The highest BCUT2D eigenvalue weighted by atomic mass is 16.3. The standard InChI is InChI=1S/C17H25N5O2/c1-3-22-16(18-12-19-22)13(2)20-17(23)14-6-8-21(9-7-14)11-15-5-4-10-24-15/h4-5,10,12-14H,3,6-9,11H2,1-2H3,(H,20,23)/t13-/m1/s1. The second-order valence-corrected chi connectivity index (χ2v) is 6.29. The largest absolute Gasteiger partial charge is 0.468 e. The SMILES string of the molecule is CCn1ncnc1[C@@H](C)NC(=O)C1CCN(Cc2ccco2)CC1. The molecule has 0 unspecified atom stereocenters. The first-order chi connectivity index (χ1) is 11.7. The van der Waals surface area contributed by atoms with E-state index in [4.69, 9.17) is 4.42 Å². The minimum Gasteiger partial charge on any atom is -0.468 e. The second-order valence-electron chi connectivity index (χ2n) is 6.29. The summed E-state index contributed by atoms with van der Waals surface area (Å²) in [6.07, 6.45) is 4.99. The minimum absolute atomic E-state index is 0.0679. The average Bonchev–Trinajstić information content (AvgIpc) is 3.26. The number of aromatic nitrogens is 3. The average molecular weight is 331 g/mol. The van der Waals surface area contributed by atoms with Gasteiger partial charge in [0.25, 0.3) is 0 Å². The highest BCUT2D eigenvalue weighted by Crippen LogP contribution is 2.20. The third-order valence-corrected chi connectivity index (χ3v) is 4.61. The maximum atomic E-state index is 12.5. The van der Waals surface area contributed by atoms with Gasteiger partial charge in [-0.1, -0.05) is 0 Å². The van der Waals surface area contributed by atoms with Gasteiger partial charge in [0.15, 0.2) is 0 Å². The number of nitrogens with one attached hydrogen (secondary N) is 1. The highest BCUT2D eigenvalue weighted by Gasteiger charge is 2.27. The predicted molar refractivity (Wildman–Crippen MR) is 89.0 cm³/mol. The van der Waals surface area contributed by atoms with Gasteiger partial charge in [-0.05, 0) is 51.9 Å². The van der Waals surface area contributed by atoms with Crippen LogP contribution in [0.3, 0.4) is 0 Å². The number of piperidine rings is 1. The molecule has 3 heterocycles. The van der Waals surface area contributed by atoms with E-state index in [1.807, 2.05) is 30.7 Å². The molecule has 1 amide bonds. The molecule has 0 aromatic carbocycles. The molecule has 3 rings (SSSR count). The van der Waals surface area contributed by atoms with Crippen LogP contribution in [0.4, 0.5) is 0 Å². The van der Waals surface area contributed by atoms with Gasteiger partial charge in [-0.25, -0.2) is 9.67 Å². The Hall–Kier alpha value is -2.15. The van der Waals surface area contributed by atoms with Crippen LogP contribution in [0.2, 0.25) is 0 Å². The molecular formula is C17H25N5O2. The molecule has 1 N–H and O–H groups in total. The van der Waals surface area contributed by atoms with Crippen molar-refractivity contribution in [2.75, 3.05) is 13.1 Å². The van der Waals surface area contributed by atoms with E-state index >= 15 is 0 Å². The number of amides is 1. The molecule has 1 fully saturated rings. The van der Waals surface area contributed by atoms with E-state index in [1.165, 1.54) is 6.33 Å². The highest BCUT2D eigenvalue weighted by molar-refractivity contribution is 5.79. The molecule has 0 aliphatic carbocycles. The zero-order valence-electron chi connectivity index (χ0n) is 14.3. The van der Waals surface area contributed by atoms with Crippen LogP contribution >= 0.6 is 0 Å². The fraction of sp³-hybridized carbons (Fsp3) is 0.588. The van der Waals surface area contributed by atoms with Crippen LogP contribution in [-0.2, 0) is 17.9 Å². The summed E-state index contributed by atoms with van der Waals surface area (Å²) >= 11 is 0. The summed E-state index contributed by atoms with van der Waals surface area (Å²) in [5, 5.41) is 7.25. The molecule has 1 saturated heterocycles. The lowest BCUT2D eigenvalue weighted by molar-refractivity contribution is -0.127. The Morgan fingerprint density at radius 3 is 2.92 bits per heavy atom. The zero-order chi connectivity index (χ0) is 16.9. The van der Waals surface area contributed by atoms with Crippen LogP contribution in [0.5, 0.6) is 0 Å². The predicted octanol–water partition coefficient (Wildman–Crippen LogP) is 1.98. The Balaban J connectivity index is 1.48. The molecule has 1 aliphatic heterocycles. The summed E-state index contributed by atoms with van der Waals surface area (Å²) in [5.41, 5.74) is 0. The molecule has 0 spiro atoms. The van der Waals surface area contributed by atoms with Crippen molar-refractivity contribution in [3.05, 3.63) is 36.3 Å². The Morgan fingerprint density at radius 2 is 2.25 bits per heavy atom. The van der Waals surface area contributed by atoms with Gasteiger partial charge in [0.05, 0.1) is 18.8 Å². The number of carbonyl (C=O) groups excluding carboxylic acids is 1. The van der Waals surface area contributed by atoms with Crippen molar-refractivity contribution in [1.29, 1.82) is 0 Å². The number of hydrogen-bond donors (Lipinski definition) is 1. The summed E-state index contributed by atoms with van der Waals surface area (Å²) < 4.78 is 7.21. The molecule has 1 atom stereocenters. The van der Waals surface area contributed by atoms with Crippen molar-refractivity contribution < 1.29 is 9.21 Å². The van der Waals surface area contributed by atoms with Crippen LogP contribution in [-0.4, -0.2) is 38.7 Å². The number of rotatable bonds is 6. The third-order valence-electron chi connectivity index (χ3n) is 4.61. The maximum absolute atomic E-state index is 12.5. The van der Waals surface area contributed by atoms with Crippen LogP contribution in [0.15, 0.2) is 29.1 Å². The van der Waals surface area contributed by atoms with E-state index in [-0.39, 0.29) is 17.9 Å². The van der Waals surface area contributed by atoms with Crippen molar-refractivity contribution >= 4 is 5.91 Å². The number of hydrogen-bond acceptors (Lipinski definition) is 5. The van der Waals surface area contributed by atoms with Crippen molar-refractivity contribution in [1.82, 2.24) is 25.0 Å². The van der Waals surface area contributed by atoms with Crippen molar-refractivity contribution in [2.45, 2.75) is 45.8 Å². The van der Waals surface area contributed by atoms with Crippen LogP contribution in [0, 0.1) is 5.92 Å². The normalized spacial score (nSPS) is 17.8. The lowest BCUT2D eigenvalue weighted by Gasteiger charge is -2.31. The lowest BCUT2D eigenvalue weighted by atomic mass is 9.95. The van der Waals surface area contributed by atoms with E-state index < -0.39 is 0 Å². The molecule has 2 aromatic heterocycles. The molecule has 0 radical (unpaired) electrons. The molecule has 1 aliphatic rings. The Kier molecular flexibility index (Phi) is 5.30. The van der Waals surface area contributed by atoms with Crippen LogP contribution in [0.1, 0.15) is 44.3 Å². The number of aryl methyl sites for hydroxylation is 1. The summed E-state index contributed by atoms with van der Waals surface area (Å²) in [6, 6.07) is 3.78. The zero-order valence-corrected chi connectivity index (χ0v) is 14.3. The van der Waals surface area contributed by atoms with E-state index in [9.17, 15) is 4.79 Å². The van der Waals surface area contributed by atoms with Crippen molar-refractivity contribution in [2.24, 2.45) is 5.92 Å². The third kappa shape index (κ3) is 3.84. The molecule has 0 bridgehead atoms. The molecule has 2 aromatic rings. The number of furan rings is 1. The second kappa shape index (κ2) is 7.61. The van der Waals surface area contributed by atoms with E-state index in [2.05, 4.69) is 20.3 Å². The fourth-order valence-electron chi connectivity index (χ4n) is 3.22. The topological polar surface area (TPSA) is 76.2 Å². The monoisotopic (exact) mass is 331 g/mol. The molecule has 0 saturated carbocycles. The lowest BCUT2D eigenvalue weighted by Crippen LogP contribution is -2.41. The van der Waals surface area contributed by atoms with Gasteiger partial charge < -0.3 is 9.73 Å². The molecule has 130 valence electrons. The van der Waals surface area contributed by atoms with E-state index in [1.54, 1.807) is 6.26 Å². The first kappa shape index (κ1) is 16.7. The summed E-state index contributed by atoms with van der Waals surface area (Å²) in [4.78, 5) is 19.1. The molecular weight excluding hydrogens is 306 g/mol. The van der Waals surface area contributed by atoms with Crippen molar-refractivity contribution in [3.63, 3.8) is 0 Å². The smallest absolute Gasteiger partial charge is 0.223 e.